The van der Waals surface area contributed by atoms with E-state index in [4.69, 9.17) is 0 Å². The quantitative estimate of drug-likeness (QED) is 0.537. The number of nitrogens with zero attached hydrogens (tertiary/aromatic N) is 2. The lowest BCUT2D eigenvalue weighted by Gasteiger charge is -2.22. The van der Waals surface area contributed by atoms with Gasteiger partial charge in [-0.05, 0) is 27.7 Å². The molecule has 0 bridgehead atoms. The molecule has 0 aromatic carbocycles. The van der Waals surface area contributed by atoms with E-state index in [2.05, 4.69) is 15.3 Å². The van der Waals surface area contributed by atoms with Gasteiger partial charge in [0.15, 0.2) is 0 Å². The van der Waals surface area contributed by atoms with Crippen molar-refractivity contribution in [2.45, 2.75) is 33.4 Å². The zero-order chi connectivity index (χ0) is 7.78. The van der Waals surface area contributed by atoms with Crippen molar-refractivity contribution >= 4 is 11.7 Å². The number of nitrogens with one attached hydrogen (secondary N) is 1. The summed E-state index contributed by atoms with van der Waals surface area (Å²) in [5.74, 6) is 1.88. The molecule has 1 rings (SSSR count). The maximum absolute atomic E-state index is 4.28. The molecule has 0 aromatic rings. The van der Waals surface area contributed by atoms with Gasteiger partial charge in [-0.15, -0.1) is 0 Å². The SMILES string of the molecule is CC1=NC(C)(C)N=C(C)N1. The van der Waals surface area contributed by atoms with Gasteiger partial charge in [-0.2, -0.15) is 0 Å². The van der Waals surface area contributed by atoms with Gasteiger partial charge < -0.3 is 5.32 Å². The molecular weight excluding hydrogens is 126 g/mol. The minimum Gasteiger partial charge on any atom is -0.333 e. The van der Waals surface area contributed by atoms with Gasteiger partial charge in [-0.1, -0.05) is 0 Å². The van der Waals surface area contributed by atoms with Crippen molar-refractivity contribution in [1.29, 1.82) is 0 Å². The van der Waals surface area contributed by atoms with Crippen LogP contribution in [0.4, 0.5) is 0 Å². The fraction of sp³-hybridized carbons (Fsp3) is 0.714. The average Bonchev–Trinajstić information content (AvgIpc) is 1.54. The summed E-state index contributed by atoms with van der Waals surface area (Å²) >= 11 is 0. The number of hydrogen-bond donors (Lipinski definition) is 1. The lowest BCUT2D eigenvalue weighted by molar-refractivity contribution is 0.541. The van der Waals surface area contributed by atoms with E-state index in [-0.39, 0.29) is 5.66 Å². The highest BCUT2D eigenvalue weighted by molar-refractivity contribution is 6.00. The zero-order valence-corrected chi connectivity index (χ0v) is 6.89. The Labute approximate surface area is 61.3 Å². The Morgan fingerprint density at radius 2 is 1.50 bits per heavy atom. The van der Waals surface area contributed by atoms with Gasteiger partial charge in [0, 0.05) is 0 Å². The maximum Gasteiger partial charge on any atom is 0.148 e. The predicted molar refractivity (Wildman–Crippen MR) is 43.4 cm³/mol. The predicted octanol–water partition coefficient (Wildman–Crippen LogP) is 1.16. The van der Waals surface area contributed by atoms with E-state index < -0.39 is 0 Å². The smallest absolute Gasteiger partial charge is 0.148 e. The highest BCUT2D eigenvalue weighted by Gasteiger charge is 2.18. The van der Waals surface area contributed by atoms with Gasteiger partial charge >= 0.3 is 0 Å². The number of aliphatic imine (C=N–C) groups is 2. The molecule has 1 N–H and O–H groups in total. The second-order valence-electron chi connectivity index (χ2n) is 3.01. The lowest BCUT2D eigenvalue weighted by Crippen LogP contribution is -2.36. The molecule has 0 fully saturated rings. The summed E-state index contributed by atoms with van der Waals surface area (Å²) in [6, 6.07) is 0. The zero-order valence-electron chi connectivity index (χ0n) is 6.89. The van der Waals surface area contributed by atoms with Gasteiger partial charge in [-0.3, -0.25) is 0 Å². The van der Waals surface area contributed by atoms with E-state index in [0.29, 0.717) is 0 Å². The van der Waals surface area contributed by atoms with Crippen LogP contribution in [0.15, 0.2) is 9.98 Å². The molecule has 56 valence electrons. The lowest BCUT2D eigenvalue weighted by atomic mass is 10.2. The van der Waals surface area contributed by atoms with Gasteiger partial charge in [-0.25, -0.2) is 9.98 Å². The third-order valence-corrected chi connectivity index (χ3v) is 1.24. The summed E-state index contributed by atoms with van der Waals surface area (Å²) in [5.41, 5.74) is -0.264. The number of hydrogen-bond acceptors (Lipinski definition) is 3. The second-order valence-corrected chi connectivity index (χ2v) is 3.01. The molecule has 0 spiro atoms. The standard InChI is InChI=1S/C7H13N3/c1-5-8-6(2)10-7(3,4)9-5/h1-4H3,(H,8,9,10). The Morgan fingerprint density at radius 3 is 1.80 bits per heavy atom. The Hall–Kier alpha value is -0.860. The number of amidine groups is 2. The highest BCUT2D eigenvalue weighted by atomic mass is 15.2. The van der Waals surface area contributed by atoms with Crippen molar-refractivity contribution in [2.75, 3.05) is 0 Å². The fourth-order valence-electron chi connectivity index (χ4n) is 1.16. The van der Waals surface area contributed by atoms with Crippen molar-refractivity contribution in [3.05, 3.63) is 0 Å². The van der Waals surface area contributed by atoms with E-state index >= 15 is 0 Å². The topological polar surface area (TPSA) is 36.8 Å². The van der Waals surface area contributed by atoms with Crippen LogP contribution >= 0.6 is 0 Å². The molecular formula is C7H13N3. The molecule has 1 aliphatic rings. The third-order valence-electron chi connectivity index (χ3n) is 1.24. The van der Waals surface area contributed by atoms with Crippen molar-refractivity contribution in [3.8, 4) is 0 Å². The second kappa shape index (κ2) is 2.08. The molecule has 0 amide bonds. The first-order valence-corrected chi connectivity index (χ1v) is 3.39. The van der Waals surface area contributed by atoms with Crippen LogP contribution < -0.4 is 5.32 Å². The number of rotatable bonds is 0. The van der Waals surface area contributed by atoms with E-state index in [0.717, 1.165) is 11.7 Å². The Morgan fingerprint density at radius 1 is 1.10 bits per heavy atom. The van der Waals surface area contributed by atoms with Gasteiger partial charge in [0.05, 0.1) is 0 Å². The maximum atomic E-state index is 4.28. The molecule has 3 heteroatoms. The van der Waals surface area contributed by atoms with E-state index in [9.17, 15) is 0 Å². The third kappa shape index (κ3) is 1.56. The monoisotopic (exact) mass is 139 g/mol. The van der Waals surface area contributed by atoms with Crippen molar-refractivity contribution in [1.82, 2.24) is 5.32 Å². The van der Waals surface area contributed by atoms with E-state index in [1.54, 1.807) is 0 Å². The van der Waals surface area contributed by atoms with Crippen molar-refractivity contribution in [3.63, 3.8) is 0 Å². The van der Waals surface area contributed by atoms with Crippen LogP contribution in [0, 0.1) is 0 Å². The molecule has 1 heterocycles. The first kappa shape index (κ1) is 7.25. The molecule has 0 aliphatic carbocycles. The van der Waals surface area contributed by atoms with Gasteiger partial charge in [0.2, 0.25) is 0 Å². The van der Waals surface area contributed by atoms with Gasteiger partial charge in [0.25, 0.3) is 0 Å². The average molecular weight is 139 g/mol. The largest absolute Gasteiger partial charge is 0.333 e. The van der Waals surface area contributed by atoms with Crippen molar-refractivity contribution in [2.24, 2.45) is 9.98 Å². The van der Waals surface area contributed by atoms with E-state index in [1.807, 2.05) is 27.7 Å². The van der Waals surface area contributed by atoms with Crippen LogP contribution in [0.5, 0.6) is 0 Å². The molecule has 0 aromatic heterocycles. The summed E-state index contributed by atoms with van der Waals surface area (Å²) in [6.45, 7) is 7.86. The Balaban J connectivity index is 2.88. The summed E-state index contributed by atoms with van der Waals surface area (Å²) in [7, 11) is 0. The molecule has 0 saturated heterocycles. The van der Waals surface area contributed by atoms with Crippen LogP contribution in [0.25, 0.3) is 0 Å². The molecule has 0 unspecified atom stereocenters. The highest BCUT2D eigenvalue weighted by Crippen LogP contribution is 2.13. The Kier molecular flexibility index (Phi) is 1.50. The molecule has 0 atom stereocenters. The fourth-order valence-corrected chi connectivity index (χ4v) is 1.16. The van der Waals surface area contributed by atoms with Crippen LogP contribution in [0.3, 0.4) is 0 Å². The minimum absolute atomic E-state index is 0.264. The normalized spacial score (nSPS) is 22.8. The molecule has 0 saturated carbocycles. The van der Waals surface area contributed by atoms with Crippen molar-refractivity contribution < 1.29 is 0 Å². The first-order chi connectivity index (χ1) is 4.49. The molecule has 3 nitrogen and oxygen atoms in total. The molecule has 10 heavy (non-hydrogen) atoms. The molecule has 0 radical (unpaired) electrons. The van der Waals surface area contributed by atoms with E-state index in [1.165, 1.54) is 0 Å². The minimum atomic E-state index is -0.264. The summed E-state index contributed by atoms with van der Waals surface area (Å²) in [6.07, 6.45) is 0. The molecule has 1 aliphatic heterocycles. The van der Waals surface area contributed by atoms with Crippen LogP contribution in [-0.4, -0.2) is 17.3 Å². The Bertz CT molecular complexity index is 181. The van der Waals surface area contributed by atoms with Gasteiger partial charge in [0.1, 0.15) is 17.3 Å². The first-order valence-electron chi connectivity index (χ1n) is 3.39. The summed E-state index contributed by atoms with van der Waals surface area (Å²) in [5, 5.41) is 3.03. The van der Waals surface area contributed by atoms with Crippen LogP contribution in [0.1, 0.15) is 27.7 Å². The van der Waals surface area contributed by atoms with Crippen LogP contribution in [0.2, 0.25) is 0 Å². The van der Waals surface area contributed by atoms with Crippen LogP contribution in [-0.2, 0) is 0 Å². The summed E-state index contributed by atoms with van der Waals surface area (Å²) < 4.78 is 0. The summed E-state index contributed by atoms with van der Waals surface area (Å²) in [4.78, 5) is 8.57.